The van der Waals surface area contributed by atoms with Gasteiger partial charge in [-0.2, -0.15) is 0 Å². The molecule has 0 aromatic carbocycles. The molecule has 0 aromatic heterocycles. The quantitative estimate of drug-likeness (QED) is 0.690. The normalized spacial score (nSPS) is 30.4. The number of nitrogens with zero attached hydrogens (tertiary/aromatic N) is 2. The van der Waals surface area contributed by atoms with Crippen molar-refractivity contribution in [2.24, 2.45) is 5.92 Å². The topological polar surface area (TPSA) is 90.3 Å². The Balaban J connectivity index is 0.000000701. The summed E-state index contributed by atoms with van der Waals surface area (Å²) in [7, 11) is 0. The van der Waals surface area contributed by atoms with Crippen molar-refractivity contribution >= 4 is 12.4 Å². The molecule has 144 valence electrons. The SMILES string of the molecule is O=C(C1CCC(F)(F)CC1)N1C[C@@H](O)[C@H](N2CCOCC2)C1.O=CO. The third-order valence-electron chi connectivity index (χ3n) is 5.15. The van der Waals surface area contributed by atoms with Crippen LogP contribution in [0.1, 0.15) is 25.7 Å². The maximum Gasteiger partial charge on any atom is 0.290 e. The van der Waals surface area contributed by atoms with Crippen molar-refractivity contribution < 1.29 is 33.3 Å². The molecule has 25 heavy (non-hydrogen) atoms. The first kappa shape index (κ1) is 20.0. The Kier molecular flexibility index (Phi) is 7.09. The van der Waals surface area contributed by atoms with Crippen molar-refractivity contribution in [3.63, 3.8) is 0 Å². The van der Waals surface area contributed by atoms with Crippen LogP contribution in [0.25, 0.3) is 0 Å². The van der Waals surface area contributed by atoms with Gasteiger partial charge in [-0.15, -0.1) is 0 Å². The van der Waals surface area contributed by atoms with Crippen molar-refractivity contribution in [3.05, 3.63) is 0 Å². The Morgan fingerprint density at radius 1 is 1.16 bits per heavy atom. The van der Waals surface area contributed by atoms with Crippen LogP contribution in [-0.2, 0) is 14.3 Å². The van der Waals surface area contributed by atoms with E-state index in [0.717, 1.165) is 13.1 Å². The lowest BCUT2D eigenvalue weighted by Gasteiger charge is -2.33. The molecule has 1 amide bonds. The number of alkyl halides is 2. The second-order valence-corrected chi connectivity index (χ2v) is 6.76. The molecule has 3 rings (SSSR count). The molecule has 0 radical (unpaired) electrons. The van der Waals surface area contributed by atoms with Crippen molar-refractivity contribution in [3.8, 4) is 0 Å². The van der Waals surface area contributed by atoms with E-state index in [1.165, 1.54) is 0 Å². The molecule has 3 aliphatic rings. The van der Waals surface area contributed by atoms with E-state index < -0.39 is 12.0 Å². The first-order valence-electron chi connectivity index (χ1n) is 8.62. The van der Waals surface area contributed by atoms with Crippen molar-refractivity contribution in [1.82, 2.24) is 9.80 Å². The van der Waals surface area contributed by atoms with Gasteiger partial charge in [-0.05, 0) is 12.8 Å². The molecule has 1 saturated carbocycles. The van der Waals surface area contributed by atoms with Crippen LogP contribution < -0.4 is 0 Å². The number of β-amino-alcohol motifs (C(OH)–C–C–N with tert-alkyl or cyclic N) is 1. The minimum atomic E-state index is -2.61. The lowest BCUT2D eigenvalue weighted by molar-refractivity contribution is -0.139. The summed E-state index contributed by atoms with van der Waals surface area (Å²) in [4.78, 5) is 24.7. The number of morpholine rings is 1. The number of hydrogen-bond donors (Lipinski definition) is 2. The molecule has 7 nitrogen and oxygen atoms in total. The van der Waals surface area contributed by atoms with Gasteiger partial charge in [-0.1, -0.05) is 0 Å². The highest BCUT2D eigenvalue weighted by atomic mass is 19.3. The Morgan fingerprint density at radius 3 is 2.28 bits per heavy atom. The van der Waals surface area contributed by atoms with Gasteiger partial charge in [0.15, 0.2) is 0 Å². The van der Waals surface area contributed by atoms with Gasteiger partial charge < -0.3 is 19.8 Å². The summed E-state index contributed by atoms with van der Waals surface area (Å²) >= 11 is 0. The fourth-order valence-electron chi connectivity index (χ4n) is 3.76. The molecule has 2 N–H and O–H groups in total. The molecule has 0 spiro atoms. The summed E-state index contributed by atoms with van der Waals surface area (Å²) in [5.41, 5.74) is 0. The van der Waals surface area contributed by atoms with E-state index in [0.29, 0.717) is 26.3 Å². The van der Waals surface area contributed by atoms with Gasteiger partial charge in [0.2, 0.25) is 11.8 Å². The second kappa shape index (κ2) is 8.86. The van der Waals surface area contributed by atoms with Crippen LogP contribution in [0.5, 0.6) is 0 Å². The van der Waals surface area contributed by atoms with E-state index >= 15 is 0 Å². The minimum Gasteiger partial charge on any atom is -0.483 e. The van der Waals surface area contributed by atoms with Gasteiger partial charge >= 0.3 is 0 Å². The van der Waals surface area contributed by atoms with E-state index in [9.17, 15) is 18.7 Å². The fourth-order valence-corrected chi connectivity index (χ4v) is 3.76. The highest BCUT2D eigenvalue weighted by molar-refractivity contribution is 5.79. The van der Waals surface area contributed by atoms with Crippen molar-refractivity contribution in [1.29, 1.82) is 0 Å². The van der Waals surface area contributed by atoms with E-state index in [1.807, 2.05) is 0 Å². The number of carbonyl (C=O) groups excluding carboxylic acids is 1. The molecular formula is C16H26F2N2O5. The smallest absolute Gasteiger partial charge is 0.290 e. The van der Waals surface area contributed by atoms with Crippen LogP contribution in [0, 0.1) is 5.92 Å². The molecule has 3 fully saturated rings. The Morgan fingerprint density at radius 2 is 1.72 bits per heavy atom. The second-order valence-electron chi connectivity index (χ2n) is 6.76. The van der Waals surface area contributed by atoms with Gasteiger partial charge in [0, 0.05) is 44.9 Å². The molecule has 2 saturated heterocycles. The van der Waals surface area contributed by atoms with E-state index in [-0.39, 0.29) is 50.0 Å². The monoisotopic (exact) mass is 364 g/mol. The van der Waals surface area contributed by atoms with Gasteiger partial charge in [-0.25, -0.2) is 8.78 Å². The van der Waals surface area contributed by atoms with E-state index in [1.54, 1.807) is 4.90 Å². The summed E-state index contributed by atoms with van der Waals surface area (Å²) < 4.78 is 31.7. The molecule has 0 aromatic rings. The Bertz CT molecular complexity index is 450. The Labute approximate surface area is 145 Å². The summed E-state index contributed by atoms with van der Waals surface area (Å²) in [6.45, 7) is 3.38. The van der Waals surface area contributed by atoms with Crippen LogP contribution in [0.15, 0.2) is 0 Å². The van der Waals surface area contributed by atoms with Gasteiger partial charge in [-0.3, -0.25) is 14.5 Å². The molecule has 2 heterocycles. The van der Waals surface area contributed by atoms with Gasteiger partial charge in [0.1, 0.15) is 0 Å². The van der Waals surface area contributed by atoms with E-state index in [2.05, 4.69) is 4.90 Å². The average Bonchev–Trinajstić information content (AvgIpc) is 2.98. The molecule has 0 unspecified atom stereocenters. The molecule has 2 aliphatic heterocycles. The number of ether oxygens (including phenoxy) is 1. The highest BCUT2D eigenvalue weighted by Gasteiger charge is 2.43. The largest absolute Gasteiger partial charge is 0.483 e. The predicted molar refractivity (Wildman–Crippen MR) is 84.4 cm³/mol. The maximum absolute atomic E-state index is 13.2. The summed E-state index contributed by atoms with van der Waals surface area (Å²) in [5.74, 6) is -2.99. The zero-order valence-corrected chi connectivity index (χ0v) is 14.1. The highest BCUT2D eigenvalue weighted by Crippen LogP contribution is 2.37. The number of hydrogen-bond acceptors (Lipinski definition) is 5. The van der Waals surface area contributed by atoms with Crippen molar-refractivity contribution in [2.75, 3.05) is 39.4 Å². The maximum atomic E-state index is 13.2. The van der Waals surface area contributed by atoms with Crippen molar-refractivity contribution in [2.45, 2.75) is 43.8 Å². The van der Waals surface area contributed by atoms with Crippen LogP contribution in [-0.4, -0.2) is 89.9 Å². The molecule has 1 aliphatic carbocycles. The molecular weight excluding hydrogens is 338 g/mol. The predicted octanol–water partition coefficient (Wildman–Crippen LogP) is 0.417. The third kappa shape index (κ3) is 5.32. The van der Waals surface area contributed by atoms with Crippen LogP contribution in [0.3, 0.4) is 0 Å². The zero-order valence-electron chi connectivity index (χ0n) is 14.1. The first-order chi connectivity index (χ1) is 11.9. The summed E-state index contributed by atoms with van der Waals surface area (Å²) in [6.07, 6.45) is -0.465. The van der Waals surface area contributed by atoms with Gasteiger partial charge in [0.25, 0.3) is 6.47 Å². The van der Waals surface area contributed by atoms with Gasteiger partial charge in [0.05, 0.1) is 25.4 Å². The summed E-state index contributed by atoms with van der Waals surface area (Å²) in [5, 5.41) is 17.1. The van der Waals surface area contributed by atoms with Crippen LogP contribution in [0.4, 0.5) is 8.78 Å². The lowest BCUT2D eigenvalue weighted by Crippen LogP contribution is -2.49. The minimum absolute atomic E-state index is 0.0575. The number of carbonyl (C=O) groups is 2. The molecule has 0 bridgehead atoms. The number of carboxylic acid groups (broad SMARTS) is 1. The van der Waals surface area contributed by atoms with Crippen LogP contribution >= 0.6 is 0 Å². The number of aliphatic hydroxyl groups excluding tert-OH is 1. The average molecular weight is 364 g/mol. The number of likely N-dealkylation sites (tertiary alicyclic amines) is 1. The molecule has 2 atom stereocenters. The number of halogens is 2. The summed E-state index contributed by atoms with van der Waals surface area (Å²) in [6, 6.07) is -0.0575. The third-order valence-corrected chi connectivity index (χ3v) is 5.15. The number of amides is 1. The van der Waals surface area contributed by atoms with Crippen LogP contribution in [0.2, 0.25) is 0 Å². The standard InChI is InChI=1S/C15H24F2N2O3.CH2O2/c16-15(17)3-1-11(2-4-15)14(21)19-9-12(13(20)10-19)18-5-7-22-8-6-18;2-1-3/h11-13,20H,1-10H2;1H,(H,2,3)/t12-,13-;/m1./s1. The zero-order chi connectivity index (χ0) is 18.4. The molecule has 9 heteroatoms. The number of aliphatic hydroxyl groups is 1. The fraction of sp³-hybridized carbons (Fsp3) is 0.875. The van der Waals surface area contributed by atoms with E-state index in [4.69, 9.17) is 14.6 Å². The number of rotatable bonds is 2. The Hall–Kier alpha value is -1.32. The lowest BCUT2D eigenvalue weighted by atomic mass is 9.86. The first-order valence-corrected chi connectivity index (χ1v) is 8.62.